The lowest BCUT2D eigenvalue weighted by Crippen LogP contribution is -2.69. The summed E-state index contributed by atoms with van der Waals surface area (Å²) >= 11 is 0. The maximum Gasteiger partial charge on any atom is 0.173 e. The SMILES string of the molecule is CC(C)=C[C@@H]1O[C@](C)(C[C@H]2C(=O)C(C)=C[C@@H]2O)[C@H]2C(=O)[C@]3(O)[C@H](C)CC[C@@H]3[C@@H](C)[C@@]12O. The first kappa shape index (κ1) is 22.8. The van der Waals surface area contributed by atoms with Crippen molar-refractivity contribution in [1.29, 1.82) is 0 Å². The van der Waals surface area contributed by atoms with E-state index in [1.54, 1.807) is 19.9 Å². The van der Waals surface area contributed by atoms with E-state index in [-0.39, 0.29) is 35.7 Å². The molecule has 6 heteroatoms. The Kier molecular flexibility index (Phi) is 5.21. The summed E-state index contributed by atoms with van der Waals surface area (Å²) in [5.41, 5.74) is -2.73. The van der Waals surface area contributed by atoms with Crippen LogP contribution in [0.15, 0.2) is 23.3 Å². The van der Waals surface area contributed by atoms with Gasteiger partial charge in [0.25, 0.3) is 0 Å². The molecular weight excluding hydrogens is 396 g/mol. The molecule has 0 aromatic heterocycles. The predicted octanol–water partition coefficient (Wildman–Crippen LogP) is 2.35. The third-order valence-corrected chi connectivity index (χ3v) is 8.81. The van der Waals surface area contributed by atoms with Crippen LogP contribution in [0.2, 0.25) is 0 Å². The van der Waals surface area contributed by atoms with Gasteiger partial charge in [-0.05, 0) is 70.4 Å². The van der Waals surface area contributed by atoms with Gasteiger partial charge in [-0.1, -0.05) is 25.5 Å². The molecule has 1 saturated heterocycles. The van der Waals surface area contributed by atoms with Gasteiger partial charge in [-0.15, -0.1) is 0 Å². The molecule has 0 amide bonds. The van der Waals surface area contributed by atoms with Crippen LogP contribution in [0.3, 0.4) is 0 Å². The minimum Gasteiger partial charge on any atom is -0.388 e. The Morgan fingerprint density at radius 1 is 1.23 bits per heavy atom. The Morgan fingerprint density at radius 3 is 2.42 bits per heavy atom. The smallest absolute Gasteiger partial charge is 0.173 e. The molecule has 172 valence electrons. The molecule has 0 aromatic rings. The fourth-order valence-electron chi connectivity index (χ4n) is 7.15. The molecule has 4 rings (SSSR count). The van der Waals surface area contributed by atoms with Gasteiger partial charge in [-0.25, -0.2) is 0 Å². The first-order valence-electron chi connectivity index (χ1n) is 11.5. The number of aliphatic hydroxyl groups is 3. The number of ketones is 2. The minimum atomic E-state index is -1.51. The number of carbonyl (C=O) groups excluding carboxylic acids is 2. The van der Waals surface area contributed by atoms with Gasteiger partial charge in [-0.3, -0.25) is 9.59 Å². The molecule has 1 aliphatic heterocycles. The summed E-state index contributed by atoms with van der Waals surface area (Å²) in [6.07, 6.45) is 3.24. The van der Waals surface area contributed by atoms with Crippen LogP contribution in [0.5, 0.6) is 0 Å². The highest BCUT2D eigenvalue weighted by molar-refractivity contribution is 6.00. The largest absolute Gasteiger partial charge is 0.388 e. The average molecular weight is 433 g/mol. The predicted molar refractivity (Wildman–Crippen MR) is 115 cm³/mol. The van der Waals surface area contributed by atoms with E-state index >= 15 is 0 Å². The molecule has 31 heavy (non-hydrogen) atoms. The summed E-state index contributed by atoms with van der Waals surface area (Å²) in [6.45, 7) is 11.1. The third-order valence-electron chi connectivity index (χ3n) is 8.81. The van der Waals surface area contributed by atoms with Crippen LogP contribution >= 0.6 is 0 Å². The first-order chi connectivity index (χ1) is 14.3. The lowest BCUT2D eigenvalue weighted by molar-refractivity contribution is -0.193. The molecule has 3 fully saturated rings. The molecule has 4 aliphatic rings. The number of ether oxygens (including phenoxy) is 1. The Hall–Kier alpha value is -1.34. The summed E-state index contributed by atoms with van der Waals surface area (Å²) in [5, 5.41) is 34.2. The molecule has 3 aliphatic carbocycles. The van der Waals surface area contributed by atoms with E-state index in [2.05, 4.69) is 0 Å². The molecule has 1 heterocycles. The van der Waals surface area contributed by atoms with Crippen molar-refractivity contribution >= 4 is 11.6 Å². The topological polar surface area (TPSA) is 104 Å². The van der Waals surface area contributed by atoms with Gasteiger partial charge in [0.05, 0.1) is 23.5 Å². The van der Waals surface area contributed by atoms with Crippen LogP contribution in [0, 0.1) is 29.6 Å². The van der Waals surface area contributed by atoms with Crippen LogP contribution in [0.1, 0.15) is 60.8 Å². The molecule has 2 saturated carbocycles. The molecule has 0 bridgehead atoms. The van der Waals surface area contributed by atoms with Crippen molar-refractivity contribution < 1.29 is 29.6 Å². The van der Waals surface area contributed by atoms with Crippen molar-refractivity contribution in [2.24, 2.45) is 29.6 Å². The normalized spacial score (nSPS) is 51.5. The Balaban J connectivity index is 1.82. The van der Waals surface area contributed by atoms with E-state index in [0.29, 0.717) is 12.0 Å². The van der Waals surface area contributed by atoms with Gasteiger partial charge in [0.1, 0.15) is 17.3 Å². The van der Waals surface area contributed by atoms with Crippen LogP contribution in [0.4, 0.5) is 0 Å². The van der Waals surface area contributed by atoms with Crippen molar-refractivity contribution in [1.82, 2.24) is 0 Å². The Bertz CT molecular complexity index is 871. The number of hydrogen-bond donors (Lipinski definition) is 3. The second kappa shape index (κ2) is 7.08. The Labute approximate surface area is 184 Å². The average Bonchev–Trinajstić information content (AvgIpc) is 3.19. The molecule has 10 atom stereocenters. The number of allylic oxidation sites excluding steroid dienone is 2. The van der Waals surface area contributed by atoms with Gasteiger partial charge in [0, 0.05) is 5.92 Å². The fourth-order valence-corrected chi connectivity index (χ4v) is 7.15. The number of hydrogen-bond acceptors (Lipinski definition) is 6. The number of carbonyl (C=O) groups is 2. The minimum absolute atomic E-state index is 0.106. The monoisotopic (exact) mass is 432 g/mol. The Morgan fingerprint density at radius 2 is 1.87 bits per heavy atom. The fraction of sp³-hybridized carbons (Fsp3) is 0.760. The highest BCUT2D eigenvalue weighted by atomic mass is 16.5. The zero-order chi connectivity index (χ0) is 23.1. The lowest BCUT2D eigenvalue weighted by atomic mass is 9.53. The maximum atomic E-state index is 13.9. The van der Waals surface area contributed by atoms with E-state index in [1.807, 2.05) is 33.8 Å². The molecule has 3 N–H and O–H groups in total. The molecule has 6 nitrogen and oxygen atoms in total. The summed E-state index contributed by atoms with van der Waals surface area (Å²) in [7, 11) is 0. The van der Waals surface area contributed by atoms with Gasteiger partial charge >= 0.3 is 0 Å². The van der Waals surface area contributed by atoms with Gasteiger partial charge in [0.15, 0.2) is 11.6 Å². The van der Waals surface area contributed by atoms with Crippen molar-refractivity contribution in [3.8, 4) is 0 Å². The standard InChI is InChI=1S/C25H36O6/c1-12(2)9-19-25(30)15(5)17-8-7-14(4)24(17,29)22(28)21(25)23(6,31-19)11-16-18(26)10-13(3)20(16)27/h9-10,14-19,21,26,29-30H,7-8,11H2,1-6H3/t14-,15-,16-,17-,18+,19+,21-,23-,24+,25-/m1/s1. The van der Waals surface area contributed by atoms with E-state index in [4.69, 9.17) is 4.74 Å². The van der Waals surface area contributed by atoms with Crippen molar-refractivity contribution in [3.05, 3.63) is 23.3 Å². The zero-order valence-corrected chi connectivity index (χ0v) is 19.4. The highest BCUT2D eigenvalue weighted by Gasteiger charge is 2.75. The van der Waals surface area contributed by atoms with Crippen molar-refractivity contribution in [2.75, 3.05) is 0 Å². The van der Waals surface area contributed by atoms with Crippen LogP contribution in [-0.2, 0) is 14.3 Å². The van der Waals surface area contributed by atoms with E-state index in [0.717, 1.165) is 12.0 Å². The highest BCUT2D eigenvalue weighted by Crippen LogP contribution is 2.62. The van der Waals surface area contributed by atoms with Gasteiger partial charge < -0.3 is 20.1 Å². The summed E-state index contributed by atoms with van der Waals surface area (Å²) in [4.78, 5) is 26.6. The first-order valence-corrected chi connectivity index (χ1v) is 11.5. The molecular formula is C25H36O6. The van der Waals surface area contributed by atoms with Crippen LogP contribution in [-0.4, -0.2) is 55.9 Å². The van der Waals surface area contributed by atoms with E-state index < -0.39 is 40.8 Å². The zero-order valence-electron chi connectivity index (χ0n) is 19.4. The van der Waals surface area contributed by atoms with Crippen molar-refractivity contribution in [3.63, 3.8) is 0 Å². The maximum absolute atomic E-state index is 13.9. The quantitative estimate of drug-likeness (QED) is 0.592. The second-order valence-corrected chi connectivity index (χ2v) is 11.0. The third kappa shape index (κ3) is 2.91. The van der Waals surface area contributed by atoms with E-state index in [1.165, 1.54) is 0 Å². The molecule has 0 spiro atoms. The van der Waals surface area contributed by atoms with Gasteiger partial charge in [-0.2, -0.15) is 0 Å². The summed E-state index contributed by atoms with van der Waals surface area (Å²) in [5.74, 6) is -3.15. The summed E-state index contributed by atoms with van der Waals surface area (Å²) < 4.78 is 6.45. The molecule has 0 aromatic carbocycles. The van der Waals surface area contributed by atoms with Crippen molar-refractivity contribution in [2.45, 2.75) is 89.8 Å². The summed E-state index contributed by atoms with van der Waals surface area (Å²) in [6, 6.07) is 0. The lowest BCUT2D eigenvalue weighted by Gasteiger charge is -2.53. The molecule has 0 unspecified atom stereocenters. The number of aliphatic hydroxyl groups excluding tert-OH is 1. The number of rotatable bonds is 3. The van der Waals surface area contributed by atoms with Crippen LogP contribution < -0.4 is 0 Å². The number of fused-ring (bicyclic) bond motifs is 2. The molecule has 0 radical (unpaired) electrons. The van der Waals surface area contributed by atoms with Crippen LogP contribution in [0.25, 0.3) is 0 Å². The number of Topliss-reactive ketones (excluding diaryl/α,β-unsaturated/α-hetero) is 2. The van der Waals surface area contributed by atoms with E-state index in [9.17, 15) is 24.9 Å². The van der Waals surface area contributed by atoms with Gasteiger partial charge in [0.2, 0.25) is 0 Å². The second-order valence-electron chi connectivity index (χ2n) is 11.0.